The number of benzene rings is 2. The van der Waals surface area contributed by atoms with E-state index in [1.807, 2.05) is 0 Å². The minimum atomic E-state index is -5.32. The first-order valence-electron chi connectivity index (χ1n) is 14.1. The number of hydrogen-bond acceptors (Lipinski definition) is 6. The molecule has 0 radical (unpaired) electrons. The topological polar surface area (TPSA) is 104 Å². The smallest absolute Gasteiger partial charge is 0.508 e. The molecule has 262 valence electrons. The van der Waals surface area contributed by atoms with Gasteiger partial charge in [-0.15, -0.1) is 36.4 Å². The number of aromatic hydroxyl groups is 1. The molecule has 2 aliphatic heterocycles. The van der Waals surface area contributed by atoms with Crippen molar-refractivity contribution >= 4 is 52.5 Å². The van der Waals surface area contributed by atoms with Crippen LogP contribution in [-0.4, -0.2) is 56.8 Å². The third-order valence-corrected chi connectivity index (χ3v) is 10.8. The van der Waals surface area contributed by atoms with Gasteiger partial charge in [0.15, 0.2) is 9.75 Å². The fraction of sp³-hybridized carbons (Fsp3) is 0.400. The Labute approximate surface area is 279 Å². The monoisotopic (exact) mass is 744 g/mol. The Bertz CT molecular complexity index is 1830. The summed E-state index contributed by atoms with van der Waals surface area (Å²) >= 11 is 13.8. The number of phenolic OH excluding ortho intramolecular Hbond substituents is 1. The molecule has 1 N–H and O–H groups in total. The molecule has 4 aliphatic rings. The van der Waals surface area contributed by atoms with Crippen LogP contribution in [0.1, 0.15) is 35.4 Å². The molecule has 19 heteroatoms. The Morgan fingerprint density at radius 2 is 1.43 bits per heavy atom. The van der Waals surface area contributed by atoms with Crippen LogP contribution in [0.15, 0.2) is 48.0 Å². The van der Waals surface area contributed by atoms with E-state index in [1.54, 1.807) is 0 Å². The Hall–Kier alpha value is -3.99. The Balaban J connectivity index is 1.51. The van der Waals surface area contributed by atoms with E-state index in [1.165, 1.54) is 6.08 Å². The molecule has 8 nitrogen and oxygen atoms in total. The molecular formula is C30H19Cl2F9N2O6. The number of alkyl halides is 11. The third-order valence-electron chi connectivity index (χ3n) is 9.39. The number of likely N-dealkylation sites (tertiary alicyclic amines) is 1. The molecule has 1 saturated carbocycles. The van der Waals surface area contributed by atoms with Crippen LogP contribution in [0.3, 0.4) is 0 Å². The quantitative estimate of drug-likeness (QED) is 0.166. The van der Waals surface area contributed by atoms with Gasteiger partial charge >= 0.3 is 18.7 Å². The summed E-state index contributed by atoms with van der Waals surface area (Å²) < 4.78 is 125. The number of amides is 4. The minimum absolute atomic E-state index is 0.0357. The first-order valence-corrected chi connectivity index (χ1v) is 14.8. The molecule has 2 saturated heterocycles. The zero-order valence-electron chi connectivity index (χ0n) is 24.3. The van der Waals surface area contributed by atoms with E-state index in [2.05, 4.69) is 4.74 Å². The van der Waals surface area contributed by atoms with E-state index in [0.29, 0.717) is 11.0 Å². The largest absolute Gasteiger partial charge is 0.573 e. The summed E-state index contributed by atoms with van der Waals surface area (Å²) in [6, 6.07) is 2.42. The number of rotatable bonds is 3. The molecule has 2 aromatic rings. The molecule has 6 atom stereocenters. The van der Waals surface area contributed by atoms with Crippen LogP contribution in [0, 0.1) is 17.8 Å². The van der Waals surface area contributed by atoms with Crippen molar-refractivity contribution in [3.8, 4) is 11.5 Å². The second kappa shape index (κ2) is 10.8. The maximum Gasteiger partial charge on any atom is 0.573 e. The van der Waals surface area contributed by atoms with E-state index < -0.39 is 122 Å². The van der Waals surface area contributed by atoms with Crippen molar-refractivity contribution < 1.29 is 68.5 Å². The predicted octanol–water partition coefficient (Wildman–Crippen LogP) is 6.52. The van der Waals surface area contributed by atoms with E-state index in [0.717, 1.165) is 19.2 Å². The lowest BCUT2D eigenvalue weighted by molar-refractivity contribution is -0.274. The second-order valence-electron chi connectivity index (χ2n) is 12.0. The highest BCUT2D eigenvalue weighted by molar-refractivity contribution is 6.53. The summed E-state index contributed by atoms with van der Waals surface area (Å²) in [5.41, 5.74) is -5.16. The van der Waals surface area contributed by atoms with Gasteiger partial charge in [-0.3, -0.25) is 24.1 Å². The molecule has 2 heterocycles. The maximum atomic E-state index is 14.0. The minimum Gasteiger partial charge on any atom is -0.508 e. The van der Waals surface area contributed by atoms with Crippen molar-refractivity contribution in [1.29, 1.82) is 0 Å². The Kier molecular flexibility index (Phi) is 7.65. The van der Waals surface area contributed by atoms with Gasteiger partial charge in [0.05, 0.1) is 28.7 Å². The average molecular weight is 745 g/mol. The van der Waals surface area contributed by atoms with Crippen molar-refractivity contribution in [2.24, 2.45) is 17.8 Å². The second-order valence-corrected chi connectivity index (χ2v) is 13.3. The number of ether oxygens (including phenoxy) is 1. The molecule has 0 unspecified atom stereocenters. The van der Waals surface area contributed by atoms with E-state index in [-0.39, 0.29) is 28.7 Å². The molecule has 6 rings (SSSR count). The van der Waals surface area contributed by atoms with Crippen molar-refractivity contribution in [1.82, 2.24) is 4.90 Å². The first-order chi connectivity index (χ1) is 22.4. The van der Waals surface area contributed by atoms with E-state index in [4.69, 9.17) is 23.2 Å². The molecular weight excluding hydrogens is 726 g/mol. The summed E-state index contributed by atoms with van der Waals surface area (Å²) in [6.45, 7) is 0. The number of halogens is 11. The van der Waals surface area contributed by atoms with Crippen LogP contribution in [0.5, 0.6) is 11.5 Å². The number of anilines is 1. The number of imide groups is 2. The normalized spacial score (nSPS) is 30.3. The fourth-order valence-electron chi connectivity index (χ4n) is 7.37. The number of nitrogens with zero attached hydrogens (tertiary/aromatic N) is 2. The van der Waals surface area contributed by atoms with Crippen molar-refractivity contribution in [3.05, 3.63) is 64.7 Å². The zero-order chi connectivity index (χ0) is 36.4. The van der Waals surface area contributed by atoms with Gasteiger partial charge in [-0.05, 0) is 55.2 Å². The fourth-order valence-corrected chi connectivity index (χ4v) is 8.38. The highest BCUT2D eigenvalue weighted by Crippen LogP contribution is 2.66. The van der Waals surface area contributed by atoms with E-state index in [9.17, 15) is 63.8 Å². The van der Waals surface area contributed by atoms with Crippen molar-refractivity contribution in [2.75, 3.05) is 11.9 Å². The average Bonchev–Trinajstić information content (AvgIpc) is 3.31. The molecule has 2 aromatic carbocycles. The summed E-state index contributed by atoms with van der Waals surface area (Å²) in [7, 11) is 1.01. The number of phenols is 1. The van der Waals surface area contributed by atoms with Gasteiger partial charge in [0.25, 0.3) is 11.8 Å². The van der Waals surface area contributed by atoms with Crippen LogP contribution in [-0.2, 0) is 31.5 Å². The van der Waals surface area contributed by atoms with Gasteiger partial charge in [-0.2, -0.15) is 26.3 Å². The van der Waals surface area contributed by atoms with Crippen molar-refractivity contribution in [3.63, 3.8) is 0 Å². The Morgan fingerprint density at radius 3 is 1.98 bits per heavy atom. The highest BCUT2D eigenvalue weighted by atomic mass is 35.5. The van der Waals surface area contributed by atoms with Crippen LogP contribution in [0.2, 0.25) is 0 Å². The van der Waals surface area contributed by atoms with Crippen LogP contribution < -0.4 is 9.64 Å². The standard InChI is InChI=1S/C30H19Cl2F9N2O6/c1-42-24(47)26(31)10-18-15(21(27(26,32)25(42)48)17-9-14(2-5-19(17)44)49-30(39,40)41)3-4-16-20(18)23(46)43(22(16)45)13-7-11(28(33,34)35)6-12(8-13)29(36,37)38/h2-3,5-9,16,18,20-21,44H,4,10H2,1H3/t16-,18+,20-,21+,26+,27-/m0/s1. The number of carbonyl (C=O) groups is 4. The molecule has 4 amide bonds. The predicted molar refractivity (Wildman–Crippen MR) is 149 cm³/mol. The summed E-state index contributed by atoms with van der Waals surface area (Å²) in [4.78, 5) is 50.5. The highest BCUT2D eigenvalue weighted by Gasteiger charge is 2.76. The summed E-state index contributed by atoms with van der Waals surface area (Å²) in [5.74, 6) is -12.4. The van der Waals surface area contributed by atoms with Crippen LogP contribution >= 0.6 is 23.2 Å². The van der Waals surface area contributed by atoms with E-state index >= 15 is 0 Å². The van der Waals surface area contributed by atoms with Gasteiger partial charge in [0, 0.05) is 18.5 Å². The molecule has 49 heavy (non-hydrogen) atoms. The molecule has 0 spiro atoms. The summed E-state index contributed by atoms with van der Waals surface area (Å²) in [5, 5.41) is 10.9. The number of hydrogen-bond donors (Lipinski definition) is 1. The number of fused-ring (bicyclic) bond motifs is 4. The molecule has 0 aromatic heterocycles. The SMILES string of the molecule is CN1C(=O)[C@]2(Cl)C[C@@H]3C(=CC[C@@H]4C(=O)N(c5cc(C(F)(F)F)cc(C(F)(F)F)c5)C(=O)[C@@H]43)[C@H](c3cc(OC(F)(F)F)ccc3O)[C@]2(Cl)C1=O. The number of allylic oxidation sites excluding steroid dienone is 2. The van der Waals surface area contributed by atoms with Gasteiger partial charge in [0.2, 0.25) is 11.8 Å². The lowest BCUT2D eigenvalue weighted by atomic mass is 9.56. The van der Waals surface area contributed by atoms with Crippen molar-refractivity contribution in [2.45, 2.75) is 47.2 Å². The van der Waals surface area contributed by atoms with Crippen LogP contribution in [0.25, 0.3) is 0 Å². The van der Waals surface area contributed by atoms with Gasteiger partial charge in [0.1, 0.15) is 11.5 Å². The van der Waals surface area contributed by atoms with Gasteiger partial charge in [-0.25, -0.2) is 4.90 Å². The lowest BCUT2D eigenvalue weighted by Gasteiger charge is -2.50. The van der Waals surface area contributed by atoms with Gasteiger partial charge < -0.3 is 9.84 Å². The first kappa shape index (κ1) is 34.9. The van der Waals surface area contributed by atoms with Crippen LogP contribution in [0.4, 0.5) is 45.2 Å². The Morgan fingerprint density at radius 1 is 0.837 bits per heavy atom. The third kappa shape index (κ3) is 5.13. The maximum absolute atomic E-state index is 14.0. The molecule has 0 bridgehead atoms. The lowest BCUT2D eigenvalue weighted by Crippen LogP contribution is -2.60. The molecule has 3 fully saturated rings. The van der Waals surface area contributed by atoms with Gasteiger partial charge in [-0.1, -0.05) is 11.6 Å². The zero-order valence-corrected chi connectivity index (χ0v) is 25.8. The number of carbonyl (C=O) groups excluding carboxylic acids is 4. The molecule has 2 aliphatic carbocycles. The summed E-state index contributed by atoms with van der Waals surface area (Å²) in [6.07, 6.45) is -15.6.